The molecule has 104 valence electrons. The fraction of sp³-hybridized carbons (Fsp3) is 0.176. The molecule has 3 aromatic rings. The molecule has 4 nitrogen and oxygen atoms in total. The van der Waals surface area contributed by atoms with E-state index in [0.29, 0.717) is 11.6 Å². The molecular weight excluding hydrogens is 262 g/mol. The first-order chi connectivity index (χ1) is 10.2. The molecule has 1 aliphatic rings. The number of nitrogens with zero attached hydrogens (tertiary/aromatic N) is 2. The van der Waals surface area contributed by atoms with Crippen molar-refractivity contribution in [3.05, 3.63) is 47.5 Å². The van der Waals surface area contributed by atoms with Gasteiger partial charge in [-0.2, -0.15) is 0 Å². The van der Waals surface area contributed by atoms with Crippen LogP contribution in [0.4, 0.5) is 5.82 Å². The number of nitrogen functional groups attached to an aromatic ring is 1. The van der Waals surface area contributed by atoms with Gasteiger partial charge in [-0.15, -0.1) is 0 Å². The molecule has 0 unspecified atom stereocenters. The van der Waals surface area contributed by atoms with Crippen molar-refractivity contribution in [1.82, 2.24) is 9.97 Å². The van der Waals surface area contributed by atoms with Crippen LogP contribution in [0.2, 0.25) is 0 Å². The highest BCUT2D eigenvalue weighted by atomic mass is 16.5. The Morgan fingerprint density at radius 3 is 2.90 bits per heavy atom. The second-order valence-electron chi connectivity index (χ2n) is 5.37. The first kappa shape index (κ1) is 12.1. The summed E-state index contributed by atoms with van der Waals surface area (Å²) in [5.41, 5.74) is 10.3. The van der Waals surface area contributed by atoms with E-state index in [1.165, 1.54) is 5.56 Å². The Morgan fingerprint density at radius 2 is 2.00 bits per heavy atom. The first-order valence-corrected chi connectivity index (χ1v) is 7.01. The summed E-state index contributed by atoms with van der Waals surface area (Å²) >= 11 is 0. The number of anilines is 1. The number of aryl methyl sites for hydroxylation is 1. The Morgan fingerprint density at radius 1 is 1.10 bits per heavy atom. The Hall–Kier alpha value is -2.62. The molecule has 2 N–H and O–H groups in total. The van der Waals surface area contributed by atoms with Crippen molar-refractivity contribution < 1.29 is 4.74 Å². The molecule has 0 bridgehead atoms. The lowest BCUT2D eigenvalue weighted by Crippen LogP contribution is -1.98. The molecule has 2 aromatic carbocycles. The number of nitrogens with two attached hydrogens (primary N) is 1. The van der Waals surface area contributed by atoms with Crippen LogP contribution in [0.25, 0.3) is 22.3 Å². The van der Waals surface area contributed by atoms with Crippen LogP contribution >= 0.6 is 0 Å². The lowest BCUT2D eigenvalue weighted by Gasteiger charge is -2.07. The number of hydrogen-bond acceptors (Lipinski definition) is 4. The number of hydrogen-bond donors (Lipinski definition) is 1. The monoisotopic (exact) mass is 277 g/mol. The van der Waals surface area contributed by atoms with Crippen molar-refractivity contribution in [1.29, 1.82) is 0 Å². The summed E-state index contributed by atoms with van der Waals surface area (Å²) in [6, 6.07) is 12.1. The van der Waals surface area contributed by atoms with Gasteiger partial charge >= 0.3 is 0 Å². The highest BCUT2D eigenvalue weighted by Crippen LogP contribution is 2.30. The minimum atomic E-state index is 0.524. The minimum Gasteiger partial charge on any atom is -0.493 e. The Labute approximate surface area is 122 Å². The summed E-state index contributed by atoms with van der Waals surface area (Å²) in [4.78, 5) is 9.10. The summed E-state index contributed by atoms with van der Waals surface area (Å²) in [6.07, 6.45) is 0.936. The maximum Gasteiger partial charge on any atom is 0.162 e. The van der Waals surface area contributed by atoms with Crippen LogP contribution in [0, 0.1) is 6.92 Å². The summed E-state index contributed by atoms with van der Waals surface area (Å²) in [5.74, 6) is 2.15. The van der Waals surface area contributed by atoms with Crippen molar-refractivity contribution in [3.8, 4) is 17.1 Å². The molecule has 0 radical (unpaired) electrons. The Bertz CT molecular complexity index is 858. The molecule has 0 saturated heterocycles. The third-order valence-electron chi connectivity index (χ3n) is 3.83. The predicted molar refractivity (Wildman–Crippen MR) is 83.3 cm³/mol. The van der Waals surface area contributed by atoms with Crippen LogP contribution in [0.15, 0.2) is 36.4 Å². The lowest BCUT2D eigenvalue weighted by atomic mass is 10.1. The lowest BCUT2D eigenvalue weighted by molar-refractivity contribution is 0.357. The quantitative estimate of drug-likeness (QED) is 0.742. The highest BCUT2D eigenvalue weighted by Gasteiger charge is 2.14. The minimum absolute atomic E-state index is 0.524. The Balaban J connectivity index is 1.89. The summed E-state index contributed by atoms with van der Waals surface area (Å²) in [6.45, 7) is 2.78. The van der Waals surface area contributed by atoms with E-state index in [1.807, 2.05) is 37.3 Å². The molecule has 2 heterocycles. The van der Waals surface area contributed by atoms with E-state index < -0.39 is 0 Å². The third kappa shape index (κ3) is 2.00. The molecule has 0 spiro atoms. The van der Waals surface area contributed by atoms with Gasteiger partial charge in [0.25, 0.3) is 0 Å². The third-order valence-corrected chi connectivity index (χ3v) is 3.83. The van der Waals surface area contributed by atoms with E-state index in [2.05, 4.69) is 16.0 Å². The number of fused-ring (bicyclic) bond motifs is 2. The summed E-state index contributed by atoms with van der Waals surface area (Å²) in [7, 11) is 0. The number of aromatic nitrogens is 2. The summed E-state index contributed by atoms with van der Waals surface area (Å²) in [5, 5.41) is 0.906. The van der Waals surface area contributed by atoms with Gasteiger partial charge in [-0.05, 0) is 42.8 Å². The average molecular weight is 277 g/mol. The molecule has 1 aromatic heterocycles. The van der Waals surface area contributed by atoms with Crippen LogP contribution in [-0.4, -0.2) is 16.6 Å². The summed E-state index contributed by atoms with van der Waals surface area (Å²) < 4.78 is 5.53. The van der Waals surface area contributed by atoms with E-state index in [4.69, 9.17) is 10.5 Å². The normalized spacial score (nSPS) is 13.2. The maximum absolute atomic E-state index is 6.10. The molecule has 0 amide bonds. The van der Waals surface area contributed by atoms with Crippen LogP contribution in [0.5, 0.6) is 5.75 Å². The molecule has 4 heteroatoms. The van der Waals surface area contributed by atoms with Gasteiger partial charge in [0.1, 0.15) is 11.6 Å². The number of rotatable bonds is 1. The SMILES string of the molecule is Cc1ccc2nc(-c3ccc4c(c3)CCO4)nc(N)c2c1. The molecule has 0 aliphatic carbocycles. The molecule has 1 aliphatic heterocycles. The van der Waals surface area contributed by atoms with Crippen LogP contribution in [0.1, 0.15) is 11.1 Å². The molecule has 0 saturated carbocycles. The van der Waals surface area contributed by atoms with E-state index in [9.17, 15) is 0 Å². The molecule has 21 heavy (non-hydrogen) atoms. The van der Waals surface area contributed by atoms with Crippen LogP contribution in [0.3, 0.4) is 0 Å². The van der Waals surface area contributed by atoms with Crippen molar-refractivity contribution in [2.45, 2.75) is 13.3 Å². The molecule has 0 atom stereocenters. The topological polar surface area (TPSA) is 61.0 Å². The number of ether oxygens (including phenoxy) is 1. The van der Waals surface area contributed by atoms with Crippen LogP contribution < -0.4 is 10.5 Å². The standard InChI is InChI=1S/C17H15N3O/c1-10-2-4-14-13(8-10)16(18)20-17(19-14)12-3-5-15-11(9-12)6-7-21-15/h2-5,8-9H,6-7H2,1H3,(H2,18,19,20). The van der Waals surface area contributed by atoms with Gasteiger partial charge in [0.2, 0.25) is 0 Å². The largest absolute Gasteiger partial charge is 0.493 e. The second kappa shape index (κ2) is 4.45. The molecule has 0 fully saturated rings. The van der Waals surface area contributed by atoms with Crippen molar-refractivity contribution in [2.75, 3.05) is 12.3 Å². The number of benzene rings is 2. The van der Waals surface area contributed by atoms with Gasteiger partial charge in [-0.25, -0.2) is 9.97 Å². The zero-order valence-corrected chi connectivity index (χ0v) is 11.8. The van der Waals surface area contributed by atoms with Gasteiger partial charge in [0.15, 0.2) is 5.82 Å². The van der Waals surface area contributed by atoms with Gasteiger partial charge in [-0.1, -0.05) is 11.6 Å². The predicted octanol–water partition coefficient (Wildman–Crippen LogP) is 3.12. The van der Waals surface area contributed by atoms with Crippen molar-refractivity contribution in [2.24, 2.45) is 0 Å². The molecule has 4 rings (SSSR count). The smallest absolute Gasteiger partial charge is 0.162 e. The van der Waals surface area contributed by atoms with E-state index in [-0.39, 0.29) is 0 Å². The zero-order valence-electron chi connectivity index (χ0n) is 11.8. The van der Waals surface area contributed by atoms with E-state index in [0.717, 1.165) is 40.8 Å². The van der Waals surface area contributed by atoms with Gasteiger partial charge in [0.05, 0.1) is 12.1 Å². The molecular formula is C17H15N3O. The first-order valence-electron chi connectivity index (χ1n) is 7.01. The second-order valence-corrected chi connectivity index (χ2v) is 5.37. The average Bonchev–Trinajstić information content (AvgIpc) is 2.95. The van der Waals surface area contributed by atoms with E-state index >= 15 is 0 Å². The van der Waals surface area contributed by atoms with Crippen molar-refractivity contribution >= 4 is 16.7 Å². The maximum atomic E-state index is 6.10. The van der Waals surface area contributed by atoms with E-state index in [1.54, 1.807) is 0 Å². The fourth-order valence-corrected chi connectivity index (χ4v) is 2.72. The van der Waals surface area contributed by atoms with Crippen LogP contribution in [-0.2, 0) is 6.42 Å². The van der Waals surface area contributed by atoms with Gasteiger partial charge in [-0.3, -0.25) is 0 Å². The van der Waals surface area contributed by atoms with Gasteiger partial charge in [0, 0.05) is 17.4 Å². The zero-order chi connectivity index (χ0) is 14.4. The van der Waals surface area contributed by atoms with Gasteiger partial charge < -0.3 is 10.5 Å². The van der Waals surface area contributed by atoms with Crippen molar-refractivity contribution in [3.63, 3.8) is 0 Å². The highest BCUT2D eigenvalue weighted by molar-refractivity contribution is 5.90. The Kier molecular flexibility index (Phi) is 2.57. The fourth-order valence-electron chi connectivity index (χ4n) is 2.72.